The maximum atomic E-state index is 13.9. The van der Waals surface area contributed by atoms with Crippen LogP contribution in [0.4, 0.5) is 10.1 Å². The van der Waals surface area contributed by atoms with Gasteiger partial charge >= 0.3 is 0 Å². The Morgan fingerprint density at radius 1 is 1.48 bits per heavy atom. The van der Waals surface area contributed by atoms with Gasteiger partial charge in [0.15, 0.2) is 11.6 Å². The first-order valence-corrected chi connectivity index (χ1v) is 6.23. The molecule has 2 rings (SSSR count). The number of hydrogen-bond donors (Lipinski definition) is 1. The molecule has 1 aromatic heterocycles. The molecule has 0 saturated heterocycles. The number of halogens is 1. The molecule has 2 aromatic rings. The van der Waals surface area contributed by atoms with E-state index in [-0.39, 0.29) is 23.4 Å². The van der Waals surface area contributed by atoms with E-state index < -0.39 is 10.7 Å². The summed E-state index contributed by atoms with van der Waals surface area (Å²) in [5, 5.41) is 10.8. The standard InChI is InChI=1S/C14H14FN3O3/c1-8-6-13(11(15)7-12(8)18(19)20)21-14-10(9(2)16)4-3-5-17-14/h3-7,9H,16H2,1-2H3. The smallest absolute Gasteiger partial charge is 0.275 e. The third kappa shape index (κ3) is 3.14. The Morgan fingerprint density at radius 2 is 2.19 bits per heavy atom. The Balaban J connectivity index is 2.41. The predicted molar refractivity (Wildman–Crippen MR) is 74.7 cm³/mol. The number of nitrogens with zero attached hydrogens (tertiary/aromatic N) is 2. The third-order valence-corrected chi connectivity index (χ3v) is 2.94. The SMILES string of the molecule is Cc1cc(Oc2ncccc2C(C)N)c(F)cc1[N+](=O)[O-]. The molecular formula is C14H14FN3O3. The fraction of sp³-hybridized carbons (Fsp3) is 0.214. The molecule has 7 heteroatoms. The summed E-state index contributed by atoms with van der Waals surface area (Å²) in [5.74, 6) is -0.771. The maximum Gasteiger partial charge on any atom is 0.275 e. The quantitative estimate of drug-likeness (QED) is 0.689. The van der Waals surface area contributed by atoms with Gasteiger partial charge in [0.25, 0.3) is 5.69 Å². The molecule has 0 aliphatic heterocycles. The van der Waals surface area contributed by atoms with E-state index in [4.69, 9.17) is 10.5 Å². The lowest BCUT2D eigenvalue weighted by Gasteiger charge is -2.13. The van der Waals surface area contributed by atoms with E-state index in [2.05, 4.69) is 4.98 Å². The summed E-state index contributed by atoms with van der Waals surface area (Å²) in [6, 6.07) is 5.19. The fourth-order valence-electron chi connectivity index (χ4n) is 1.86. The third-order valence-electron chi connectivity index (χ3n) is 2.94. The second-order valence-corrected chi connectivity index (χ2v) is 4.61. The van der Waals surface area contributed by atoms with Crippen LogP contribution in [0.3, 0.4) is 0 Å². The molecule has 0 aliphatic rings. The minimum Gasteiger partial charge on any atom is -0.436 e. The second kappa shape index (κ2) is 5.84. The van der Waals surface area contributed by atoms with Crippen LogP contribution >= 0.6 is 0 Å². The average Bonchev–Trinajstić information content (AvgIpc) is 2.42. The number of aromatic nitrogens is 1. The Labute approximate surface area is 120 Å². The number of nitrogens with two attached hydrogens (primary N) is 1. The molecule has 0 spiro atoms. The highest BCUT2D eigenvalue weighted by Gasteiger charge is 2.18. The summed E-state index contributed by atoms with van der Waals surface area (Å²) in [6.07, 6.45) is 1.50. The molecular weight excluding hydrogens is 277 g/mol. The lowest BCUT2D eigenvalue weighted by atomic mass is 10.1. The Bertz CT molecular complexity index is 689. The summed E-state index contributed by atoms with van der Waals surface area (Å²) in [5.41, 5.74) is 6.42. The van der Waals surface area contributed by atoms with Gasteiger partial charge in [-0.1, -0.05) is 6.07 Å². The normalized spacial score (nSPS) is 12.0. The molecule has 0 bridgehead atoms. The van der Waals surface area contributed by atoms with E-state index >= 15 is 0 Å². The van der Waals surface area contributed by atoms with E-state index in [1.54, 1.807) is 19.1 Å². The molecule has 0 amide bonds. The van der Waals surface area contributed by atoms with Crippen molar-refractivity contribution in [3.63, 3.8) is 0 Å². The first-order valence-electron chi connectivity index (χ1n) is 6.23. The fourth-order valence-corrected chi connectivity index (χ4v) is 1.86. The first kappa shape index (κ1) is 14.9. The summed E-state index contributed by atoms with van der Waals surface area (Å²) >= 11 is 0. The Hall–Kier alpha value is -2.54. The monoisotopic (exact) mass is 291 g/mol. The molecule has 0 radical (unpaired) electrons. The molecule has 1 aromatic carbocycles. The Kier molecular flexibility index (Phi) is 4.13. The van der Waals surface area contributed by atoms with Gasteiger partial charge in [-0.2, -0.15) is 0 Å². The van der Waals surface area contributed by atoms with Gasteiger partial charge < -0.3 is 10.5 Å². The van der Waals surface area contributed by atoms with Gasteiger partial charge in [-0.3, -0.25) is 10.1 Å². The number of nitro groups is 1. The van der Waals surface area contributed by atoms with Gasteiger partial charge in [0.1, 0.15) is 0 Å². The van der Waals surface area contributed by atoms with Crippen LogP contribution in [-0.4, -0.2) is 9.91 Å². The van der Waals surface area contributed by atoms with Crippen molar-refractivity contribution in [3.8, 4) is 11.6 Å². The topological polar surface area (TPSA) is 91.3 Å². The maximum absolute atomic E-state index is 13.9. The van der Waals surface area contributed by atoms with Crippen LogP contribution < -0.4 is 10.5 Å². The van der Waals surface area contributed by atoms with Gasteiger partial charge in [0.2, 0.25) is 5.88 Å². The van der Waals surface area contributed by atoms with Gasteiger partial charge in [0.05, 0.1) is 11.0 Å². The molecule has 1 unspecified atom stereocenters. The van der Waals surface area contributed by atoms with Crippen molar-refractivity contribution < 1.29 is 14.1 Å². The molecule has 110 valence electrons. The highest BCUT2D eigenvalue weighted by Crippen LogP contribution is 2.32. The van der Waals surface area contributed by atoms with E-state index in [1.807, 2.05) is 0 Å². The van der Waals surface area contributed by atoms with Gasteiger partial charge in [-0.15, -0.1) is 0 Å². The van der Waals surface area contributed by atoms with E-state index in [9.17, 15) is 14.5 Å². The summed E-state index contributed by atoms with van der Waals surface area (Å²) in [4.78, 5) is 14.1. The van der Waals surface area contributed by atoms with Gasteiger partial charge in [-0.25, -0.2) is 9.37 Å². The zero-order valence-electron chi connectivity index (χ0n) is 11.5. The molecule has 1 heterocycles. The lowest BCUT2D eigenvalue weighted by molar-refractivity contribution is -0.385. The summed E-state index contributed by atoms with van der Waals surface area (Å²) < 4.78 is 19.3. The van der Waals surface area contributed by atoms with Crippen molar-refractivity contribution in [3.05, 3.63) is 57.5 Å². The zero-order valence-corrected chi connectivity index (χ0v) is 11.5. The van der Waals surface area contributed by atoms with Gasteiger partial charge in [-0.05, 0) is 26.0 Å². The van der Waals surface area contributed by atoms with Crippen LogP contribution in [0.1, 0.15) is 24.1 Å². The molecule has 0 fully saturated rings. The van der Waals surface area contributed by atoms with Gasteiger partial charge in [0, 0.05) is 23.4 Å². The molecule has 0 saturated carbocycles. The van der Waals surface area contributed by atoms with E-state index in [1.165, 1.54) is 19.2 Å². The number of pyridine rings is 1. The molecule has 2 N–H and O–H groups in total. The minimum atomic E-state index is -0.825. The van der Waals surface area contributed by atoms with Crippen molar-refractivity contribution in [2.45, 2.75) is 19.9 Å². The van der Waals surface area contributed by atoms with Crippen molar-refractivity contribution in [1.82, 2.24) is 4.98 Å². The molecule has 1 atom stereocenters. The highest BCUT2D eigenvalue weighted by molar-refractivity contribution is 5.46. The van der Waals surface area contributed by atoms with Crippen molar-refractivity contribution in [1.29, 1.82) is 0 Å². The summed E-state index contributed by atoms with van der Waals surface area (Å²) in [7, 11) is 0. The number of benzene rings is 1. The number of nitro benzene ring substituents is 1. The Morgan fingerprint density at radius 3 is 2.81 bits per heavy atom. The average molecular weight is 291 g/mol. The van der Waals surface area contributed by atoms with Crippen molar-refractivity contribution in [2.24, 2.45) is 5.73 Å². The number of hydrogen-bond acceptors (Lipinski definition) is 5. The highest BCUT2D eigenvalue weighted by atomic mass is 19.1. The number of rotatable bonds is 4. The van der Waals surface area contributed by atoms with Crippen LogP contribution in [0.5, 0.6) is 11.6 Å². The summed E-state index contributed by atoms with van der Waals surface area (Å²) in [6.45, 7) is 3.26. The molecule has 0 aliphatic carbocycles. The van der Waals surface area contributed by atoms with E-state index in [0.29, 0.717) is 11.1 Å². The van der Waals surface area contributed by atoms with E-state index in [0.717, 1.165) is 6.07 Å². The first-order chi connectivity index (χ1) is 9.90. The number of ether oxygens (including phenoxy) is 1. The van der Waals surface area contributed by atoms with Crippen LogP contribution in [0.25, 0.3) is 0 Å². The molecule has 6 nitrogen and oxygen atoms in total. The lowest BCUT2D eigenvalue weighted by Crippen LogP contribution is -2.08. The molecule has 21 heavy (non-hydrogen) atoms. The van der Waals surface area contributed by atoms with Crippen molar-refractivity contribution in [2.75, 3.05) is 0 Å². The predicted octanol–water partition coefficient (Wildman–Crippen LogP) is 3.25. The minimum absolute atomic E-state index is 0.126. The van der Waals surface area contributed by atoms with Crippen LogP contribution in [0.2, 0.25) is 0 Å². The van der Waals surface area contributed by atoms with Crippen LogP contribution in [-0.2, 0) is 0 Å². The second-order valence-electron chi connectivity index (χ2n) is 4.61. The largest absolute Gasteiger partial charge is 0.436 e. The number of aryl methyl sites for hydroxylation is 1. The van der Waals surface area contributed by atoms with Crippen molar-refractivity contribution >= 4 is 5.69 Å². The van der Waals surface area contributed by atoms with Crippen LogP contribution in [0, 0.1) is 22.9 Å². The zero-order chi connectivity index (χ0) is 15.6. The van der Waals surface area contributed by atoms with Crippen LogP contribution in [0.15, 0.2) is 30.5 Å².